The average Bonchev–Trinajstić information content (AvgIpc) is 2.35. The molecule has 1 unspecified atom stereocenters. The molecule has 0 radical (unpaired) electrons. The lowest BCUT2D eigenvalue weighted by molar-refractivity contribution is 0.554. The highest BCUT2D eigenvalue weighted by atomic mass is 14.2. The molecule has 1 aliphatic carbocycles. The van der Waals surface area contributed by atoms with Gasteiger partial charge in [0, 0.05) is 0 Å². The molecule has 0 spiro atoms. The third-order valence-electron chi connectivity index (χ3n) is 2.62. The van der Waals surface area contributed by atoms with E-state index in [1.165, 1.54) is 30.4 Å². The van der Waals surface area contributed by atoms with E-state index in [0.29, 0.717) is 0 Å². The lowest BCUT2D eigenvalue weighted by Crippen LogP contribution is -1.95. The quantitative estimate of drug-likeness (QED) is 0.436. The summed E-state index contributed by atoms with van der Waals surface area (Å²) in [5, 5.41) is 0. The van der Waals surface area contributed by atoms with Crippen molar-refractivity contribution in [1.82, 2.24) is 0 Å². The lowest BCUT2D eigenvalue weighted by Gasteiger charge is -2.10. The van der Waals surface area contributed by atoms with Gasteiger partial charge in [-0.1, -0.05) is 36.5 Å². The van der Waals surface area contributed by atoms with Gasteiger partial charge < -0.3 is 0 Å². The lowest BCUT2D eigenvalue weighted by atomic mass is 9.95. The van der Waals surface area contributed by atoms with Crippen molar-refractivity contribution >= 4 is 0 Å². The second-order valence-corrected chi connectivity index (χ2v) is 3.95. The third-order valence-corrected chi connectivity index (χ3v) is 2.62. The number of hydrogen-bond donors (Lipinski definition) is 0. The van der Waals surface area contributed by atoms with E-state index in [4.69, 9.17) is 0 Å². The van der Waals surface area contributed by atoms with Crippen molar-refractivity contribution in [2.45, 2.75) is 32.6 Å². The minimum atomic E-state index is 0.793. The standard InChI is InChI=1S/C12H18/c1-9(2)11(4)8-12-6-5-10(3)7-12/h12H,1,3-8H2,2H3. The van der Waals surface area contributed by atoms with E-state index in [-0.39, 0.29) is 0 Å². The second kappa shape index (κ2) is 3.75. The number of hydrogen-bond acceptors (Lipinski definition) is 0. The summed E-state index contributed by atoms with van der Waals surface area (Å²) < 4.78 is 0. The van der Waals surface area contributed by atoms with Crippen molar-refractivity contribution < 1.29 is 0 Å². The van der Waals surface area contributed by atoms with E-state index < -0.39 is 0 Å². The Bertz CT molecular complexity index is 220. The van der Waals surface area contributed by atoms with Gasteiger partial charge >= 0.3 is 0 Å². The Balaban J connectivity index is 2.37. The molecule has 0 aromatic carbocycles. The van der Waals surface area contributed by atoms with Crippen LogP contribution in [0.4, 0.5) is 0 Å². The predicted molar refractivity (Wildman–Crippen MR) is 55.1 cm³/mol. The van der Waals surface area contributed by atoms with Crippen LogP contribution in [0.25, 0.3) is 0 Å². The second-order valence-electron chi connectivity index (χ2n) is 3.95. The van der Waals surface area contributed by atoms with E-state index in [2.05, 4.69) is 19.7 Å². The average molecular weight is 162 g/mol. The van der Waals surface area contributed by atoms with E-state index in [1.54, 1.807) is 0 Å². The summed E-state index contributed by atoms with van der Waals surface area (Å²) in [6.45, 7) is 13.9. The molecular formula is C12H18. The van der Waals surface area contributed by atoms with Gasteiger partial charge in [0.05, 0.1) is 0 Å². The molecule has 0 aromatic heterocycles. The van der Waals surface area contributed by atoms with Crippen LogP contribution < -0.4 is 0 Å². The first-order chi connectivity index (χ1) is 5.59. The van der Waals surface area contributed by atoms with Gasteiger partial charge in [-0.25, -0.2) is 0 Å². The predicted octanol–water partition coefficient (Wildman–Crippen LogP) is 3.87. The van der Waals surface area contributed by atoms with Gasteiger partial charge in [-0.15, -0.1) is 0 Å². The summed E-state index contributed by atoms with van der Waals surface area (Å²) in [4.78, 5) is 0. The van der Waals surface area contributed by atoms with Crippen molar-refractivity contribution in [1.29, 1.82) is 0 Å². The normalized spacial score (nSPS) is 22.8. The van der Waals surface area contributed by atoms with Crippen LogP contribution >= 0.6 is 0 Å². The van der Waals surface area contributed by atoms with E-state index in [9.17, 15) is 0 Å². The monoisotopic (exact) mass is 162 g/mol. The van der Waals surface area contributed by atoms with Gasteiger partial charge in [0.25, 0.3) is 0 Å². The van der Waals surface area contributed by atoms with Crippen LogP contribution in [0.2, 0.25) is 0 Å². The van der Waals surface area contributed by atoms with E-state index >= 15 is 0 Å². The highest BCUT2D eigenvalue weighted by molar-refractivity contribution is 5.23. The summed E-state index contributed by atoms with van der Waals surface area (Å²) in [6.07, 6.45) is 4.83. The maximum Gasteiger partial charge on any atom is -0.0251 e. The molecule has 0 amide bonds. The Morgan fingerprint density at radius 2 is 2.17 bits per heavy atom. The van der Waals surface area contributed by atoms with Crippen molar-refractivity contribution in [3.63, 3.8) is 0 Å². The van der Waals surface area contributed by atoms with Gasteiger partial charge in [-0.05, 0) is 38.5 Å². The van der Waals surface area contributed by atoms with Crippen LogP contribution in [0, 0.1) is 5.92 Å². The molecule has 1 fully saturated rings. The molecule has 0 bridgehead atoms. The summed E-state index contributed by atoms with van der Waals surface area (Å²) in [5.41, 5.74) is 3.76. The largest absolute Gasteiger partial charge is 0.0999 e. The first-order valence-corrected chi connectivity index (χ1v) is 4.60. The SMILES string of the molecule is C=C1CCC(CC(=C)C(=C)C)C1. The molecule has 0 N–H and O–H groups in total. The molecule has 0 saturated heterocycles. The molecule has 0 heterocycles. The van der Waals surface area contributed by atoms with E-state index in [0.717, 1.165) is 17.9 Å². The minimum absolute atomic E-state index is 0.793. The maximum atomic E-state index is 4.01. The topological polar surface area (TPSA) is 0 Å². The van der Waals surface area contributed by atoms with Gasteiger partial charge in [0.1, 0.15) is 0 Å². The van der Waals surface area contributed by atoms with Gasteiger partial charge in [0.2, 0.25) is 0 Å². The Kier molecular flexibility index (Phi) is 2.91. The van der Waals surface area contributed by atoms with Crippen LogP contribution in [0.5, 0.6) is 0 Å². The molecule has 0 heteroatoms. The number of rotatable bonds is 3. The summed E-state index contributed by atoms with van der Waals surface area (Å²) in [5.74, 6) is 0.793. The first-order valence-electron chi connectivity index (χ1n) is 4.60. The molecule has 1 atom stereocenters. The molecule has 0 aromatic rings. The maximum absolute atomic E-state index is 4.01. The number of allylic oxidation sites excluding steroid dienone is 3. The highest BCUT2D eigenvalue weighted by Gasteiger charge is 2.18. The van der Waals surface area contributed by atoms with Crippen LogP contribution in [-0.2, 0) is 0 Å². The van der Waals surface area contributed by atoms with Crippen molar-refractivity contribution in [3.8, 4) is 0 Å². The summed E-state index contributed by atoms with van der Waals surface area (Å²) in [7, 11) is 0. The van der Waals surface area contributed by atoms with Gasteiger partial charge in [0.15, 0.2) is 0 Å². The fraction of sp³-hybridized carbons (Fsp3) is 0.500. The smallest absolute Gasteiger partial charge is 0.0251 e. The zero-order valence-electron chi connectivity index (χ0n) is 8.03. The summed E-state index contributed by atoms with van der Waals surface area (Å²) in [6, 6.07) is 0. The van der Waals surface area contributed by atoms with Gasteiger partial charge in [-0.3, -0.25) is 0 Å². The summed E-state index contributed by atoms with van der Waals surface area (Å²) >= 11 is 0. The van der Waals surface area contributed by atoms with Crippen molar-refractivity contribution in [2.75, 3.05) is 0 Å². The first kappa shape index (κ1) is 9.31. The highest BCUT2D eigenvalue weighted by Crippen LogP contribution is 2.33. The molecule has 1 saturated carbocycles. The van der Waals surface area contributed by atoms with Crippen LogP contribution in [0.15, 0.2) is 36.5 Å². The van der Waals surface area contributed by atoms with Crippen molar-refractivity contribution in [2.24, 2.45) is 5.92 Å². The van der Waals surface area contributed by atoms with Crippen LogP contribution in [0.1, 0.15) is 32.6 Å². The Labute approximate surface area is 75.7 Å². The zero-order chi connectivity index (χ0) is 9.14. The molecular weight excluding hydrogens is 144 g/mol. The molecule has 0 nitrogen and oxygen atoms in total. The Morgan fingerprint density at radius 1 is 1.50 bits per heavy atom. The Morgan fingerprint density at radius 3 is 2.58 bits per heavy atom. The molecule has 1 aliphatic rings. The van der Waals surface area contributed by atoms with Crippen molar-refractivity contribution in [3.05, 3.63) is 36.5 Å². The fourth-order valence-electron chi connectivity index (χ4n) is 1.72. The third kappa shape index (κ3) is 2.37. The van der Waals surface area contributed by atoms with Crippen LogP contribution in [-0.4, -0.2) is 0 Å². The Hall–Kier alpha value is -0.780. The molecule has 66 valence electrons. The van der Waals surface area contributed by atoms with Gasteiger partial charge in [-0.2, -0.15) is 0 Å². The zero-order valence-corrected chi connectivity index (χ0v) is 8.03. The fourth-order valence-corrected chi connectivity index (χ4v) is 1.72. The molecule has 1 rings (SSSR count). The minimum Gasteiger partial charge on any atom is -0.0999 e. The van der Waals surface area contributed by atoms with Crippen LogP contribution in [0.3, 0.4) is 0 Å². The molecule has 0 aliphatic heterocycles. The molecule has 12 heavy (non-hydrogen) atoms. The van der Waals surface area contributed by atoms with E-state index in [1.807, 2.05) is 6.92 Å².